The van der Waals surface area contributed by atoms with E-state index in [0.29, 0.717) is 11.6 Å². The fraction of sp³-hybridized carbons (Fsp3) is 0.133. The van der Waals surface area contributed by atoms with Gasteiger partial charge in [0.25, 0.3) is 0 Å². The molecule has 0 radical (unpaired) electrons. The molecule has 2 aromatic rings. The molecule has 0 bridgehead atoms. The second-order valence-electron chi connectivity index (χ2n) is 4.63. The van der Waals surface area contributed by atoms with Crippen LogP contribution in [0, 0.1) is 0 Å². The summed E-state index contributed by atoms with van der Waals surface area (Å²) in [5.74, 6) is -0.195. The molecule has 1 aliphatic rings. The summed E-state index contributed by atoms with van der Waals surface area (Å²) in [5, 5.41) is 6.81. The summed E-state index contributed by atoms with van der Waals surface area (Å²) in [4.78, 5) is 12.4. The number of anilines is 2. The van der Waals surface area contributed by atoms with E-state index in [1.165, 1.54) is 0 Å². The quantitative estimate of drug-likeness (QED) is 0.849. The van der Waals surface area contributed by atoms with Crippen LogP contribution in [-0.4, -0.2) is 12.5 Å². The summed E-state index contributed by atoms with van der Waals surface area (Å²) in [6, 6.07) is 13.2. The van der Waals surface area contributed by atoms with Gasteiger partial charge in [-0.3, -0.25) is 4.79 Å². The zero-order valence-electron chi connectivity index (χ0n) is 10.5. The predicted octanol–water partition coefficient (Wildman–Crippen LogP) is 4.25. The molecule has 0 fully saturated rings. The van der Waals surface area contributed by atoms with Gasteiger partial charge in [-0.2, -0.15) is 0 Å². The Morgan fingerprint density at radius 2 is 2.10 bits per heavy atom. The van der Waals surface area contributed by atoms with Crippen LogP contribution in [0.3, 0.4) is 0 Å². The van der Waals surface area contributed by atoms with Crippen LogP contribution < -0.4 is 10.6 Å². The van der Waals surface area contributed by atoms with E-state index >= 15 is 0 Å². The molecule has 0 spiro atoms. The van der Waals surface area contributed by atoms with Gasteiger partial charge < -0.3 is 10.6 Å². The average molecular weight is 352 g/mol. The van der Waals surface area contributed by atoms with Gasteiger partial charge in [0.1, 0.15) is 0 Å². The molecular weight excluding hydrogens is 340 g/mol. The summed E-state index contributed by atoms with van der Waals surface area (Å²) in [7, 11) is 0. The summed E-state index contributed by atoms with van der Waals surface area (Å²) in [6.07, 6.45) is 0. The monoisotopic (exact) mass is 350 g/mol. The van der Waals surface area contributed by atoms with Gasteiger partial charge in [0.15, 0.2) is 0 Å². The van der Waals surface area contributed by atoms with Crippen LogP contribution >= 0.6 is 27.5 Å². The van der Waals surface area contributed by atoms with Gasteiger partial charge in [-0.25, -0.2) is 0 Å². The molecule has 102 valence electrons. The van der Waals surface area contributed by atoms with E-state index in [4.69, 9.17) is 11.6 Å². The first-order valence-corrected chi connectivity index (χ1v) is 7.41. The van der Waals surface area contributed by atoms with Crippen molar-refractivity contribution in [3.63, 3.8) is 0 Å². The molecule has 1 amide bonds. The Balaban J connectivity index is 1.81. The second kappa shape index (κ2) is 5.46. The van der Waals surface area contributed by atoms with Crippen molar-refractivity contribution < 1.29 is 4.79 Å². The van der Waals surface area contributed by atoms with Gasteiger partial charge in [-0.05, 0) is 45.8 Å². The van der Waals surface area contributed by atoms with E-state index in [1.54, 1.807) is 18.2 Å². The van der Waals surface area contributed by atoms with E-state index < -0.39 is 0 Å². The minimum Gasteiger partial charge on any atom is -0.384 e. The standard InChI is InChI=1S/C15H12BrClN2O/c16-12-7-9(17)5-6-14(12)19-15(20)11-8-18-13-4-2-1-3-10(11)13/h1-7,11,18H,8H2,(H,19,20). The first kappa shape index (κ1) is 13.5. The third-order valence-electron chi connectivity index (χ3n) is 3.34. The molecule has 0 saturated heterocycles. The maximum Gasteiger partial charge on any atom is 0.233 e. The highest BCUT2D eigenvalue weighted by Crippen LogP contribution is 2.33. The number of amides is 1. The van der Waals surface area contributed by atoms with Gasteiger partial charge in [0, 0.05) is 21.7 Å². The number of benzene rings is 2. The molecule has 0 aliphatic carbocycles. The van der Waals surface area contributed by atoms with Crippen LogP contribution in [0.15, 0.2) is 46.9 Å². The molecule has 0 aromatic heterocycles. The second-order valence-corrected chi connectivity index (χ2v) is 5.92. The van der Waals surface area contributed by atoms with Gasteiger partial charge in [0.05, 0.1) is 11.6 Å². The number of carbonyl (C=O) groups is 1. The Morgan fingerprint density at radius 3 is 2.90 bits per heavy atom. The van der Waals surface area contributed by atoms with E-state index in [2.05, 4.69) is 26.6 Å². The largest absolute Gasteiger partial charge is 0.384 e. The molecule has 3 nitrogen and oxygen atoms in total. The molecule has 3 rings (SSSR count). The first-order valence-electron chi connectivity index (χ1n) is 6.24. The van der Waals surface area contributed by atoms with Crippen LogP contribution in [0.2, 0.25) is 5.02 Å². The molecule has 1 aliphatic heterocycles. The molecule has 1 atom stereocenters. The number of para-hydroxylation sites is 1. The fourth-order valence-electron chi connectivity index (χ4n) is 2.33. The smallest absolute Gasteiger partial charge is 0.233 e. The van der Waals surface area contributed by atoms with Crippen molar-refractivity contribution in [2.24, 2.45) is 0 Å². The highest BCUT2D eigenvalue weighted by atomic mass is 79.9. The predicted molar refractivity (Wildman–Crippen MR) is 85.5 cm³/mol. The van der Waals surface area contributed by atoms with E-state index in [0.717, 1.165) is 21.4 Å². The highest BCUT2D eigenvalue weighted by molar-refractivity contribution is 9.10. The highest BCUT2D eigenvalue weighted by Gasteiger charge is 2.28. The van der Waals surface area contributed by atoms with Gasteiger partial charge in [0.2, 0.25) is 5.91 Å². The summed E-state index contributed by atoms with van der Waals surface area (Å²) < 4.78 is 0.776. The summed E-state index contributed by atoms with van der Waals surface area (Å²) in [6.45, 7) is 0.621. The first-order chi connectivity index (χ1) is 9.65. The Hall–Kier alpha value is -1.52. The third-order valence-corrected chi connectivity index (χ3v) is 4.23. The Bertz CT molecular complexity index is 675. The topological polar surface area (TPSA) is 41.1 Å². The minimum absolute atomic E-state index is 0.0227. The van der Waals surface area contributed by atoms with Gasteiger partial charge in [-0.15, -0.1) is 0 Å². The zero-order chi connectivity index (χ0) is 14.1. The van der Waals surface area contributed by atoms with E-state index in [-0.39, 0.29) is 11.8 Å². The van der Waals surface area contributed by atoms with Crippen molar-refractivity contribution in [2.75, 3.05) is 17.2 Å². The van der Waals surface area contributed by atoms with Crippen LogP contribution in [0.1, 0.15) is 11.5 Å². The lowest BCUT2D eigenvalue weighted by Crippen LogP contribution is -2.22. The van der Waals surface area contributed by atoms with Crippen LogP contribution in [0.4, 0.5) is 11.4 Å². The van der Waals surface area contributed by atoms with E-state index in [1.807, 2.05) is 24.3 Å². The van der Waals surface area contributed by atoms with Crippen LogP contribution in [0.25, 0.3) is 0 Å². The number of halogens is 2. The molecule has 1 heterocycles. The SMILES string of the molecule is O=C(Nc1ccc(Cl)cc1Br)C1CNc2ccccc21. The number of fused-ring (bicyclic) bond motifs is 1. The Labute approximate surface area is 130 Å². The number of nitrogens with one attached hydrogen (secondary N) is 2. The van der Waals surface area contributed by atoms with Crippen molar-refractivity contribution in [3.8, 4) is 0 Å². The van der Waals surface area contributed by atoms with Gasteiger partial charge >= 0.3 is 0 Å². The molecule has 1 unspecified atom stereocenters. The molecule has 5 heteroatoms. The molecule has 2 aromatic carbocycles. The Kier molecular flexibility index (Phi) is 3.68. The van der Waals surface area contributed by atoms with Crippen molar-refractivity contribution >= 4 is 44.8 Å². The number of hydrogen-bond donors (Lipinski definition) is 2. The van der Waals surface area contributed by atoms with Crippen molar-refractivity contribution in [3.05, 3.63) is 57.5 Å². The van der Waals surface area contributed by atoms with Crippen molar-refractivity contribution in [1.29, 1.82) is 0 Å². The number of hydrogen-bond acceptors (Lipinski definition) is 2. The minimum atomic E-state index is -0.172. The lowest BCUT2D eigenvalue weighted by molar-refractivity contribution is -0.117. The van der Waals surface area contributed by atoms with Crippen LogP contribution in [0.5, 0.6) is 0 Å². The molecule has 20 heavy (non-hydrogen) atoms. The lowest BCUT2D eigenvalue weighted by Gasteiger charge is -2.12. The van der Waals surface area contributed by atoms with Gasteiger partial charge in [-0.1, -0.05) is 29.8 Å². The zero-order valence-corrected chi connectivity index (χ0v) is 12.8. The van der Waals surface area contributed by atoms with Crippen molar-refractivity contribution in [2.45, 2.75) is 5.92 Å². The molecule has 0 saturated carbocycles. The van der Waals surface area contributed by atoms with Crippen molar-refractivity contribution in [1.82, 2.24) is 0 Å². The maximum absolute atomic E-state index is 12.4. The average Bonchev–Trinajstić information content (AvgIpc) is 2.86. The maximum atomic E-state index is 12.4. The number of carbonyl (C=O) groups excluding carboxylic acids is 1. The number of rotatable bonds is 2. The van der Waals surface area contributed by atoms with E-state index in [9.17, 15) is 4.79 Å². The molecular formula is C15H12BrClN2O. The lowest BCUT2D eigenvalue weighted by atomic mass is 10.0. The summed E-state index contributed by atoms with van der Waals surface area (Å²) >= 11 is 9.30. The third kappa shape index (κ3) is 2.53. The van der Waals surface area contributed by atoms with Crippen LogP contribution in [-0.2, 0) is 4.79 Å². The Morgan fingerprint density at radius 1 is 1.30 bits per heavy atom. The summed E-state index contributed by atoms with van der Waals surface area (Å²) in [5.41, 5.74) is 2.79. The normalized spacial score (nSPS) is 16.4. The molecule has 2 N–H and O–H groups in total. The fourth-order valence-corrected chi connectivity index (χ4v) is 3.11.